The molecule has 4 heteroatoms. The molecule has 0 aromatic carbocycles. The highest BCUT2D eigenvalue weighted by molar-refractivity contribution is 5.85. The van der Waals surface area contributed by atoms with Gasteiger partial charge in [-0.05, 0) is 24.7 Å². The van der Waals surface area contributed by atoms with Gasteiger partial charge in [0.05, 0.1) is 5.69 Å². The van der Waals surface area contributed by atoms with E-state index >= 15 is 0 Å². The SMILES string of the molecule is CC(C)c1nc([C@@H]2CCC[C@@H](C)C2)oc1C(=O)O. The van der Waals surface area contributed by atoms with Gasteiger partial charge in [0.1, 0.15) is 0 Å². The fourth-order valence-electron chi connectivity index (χ4n) is 2.73. The van der Waals surface area contributed by atoms with Gasteiger partial charge in [-0.3, -0.25) is 0 Å². The van der Waals surface area contributed by atoms with Crippen LogP contribution in [0.15, 0.2) is 4.42 Å². The predicted octanol–water partition coefficient (Wildman–Crippen LogP) is 3.79. The molecule has 1 N–H and O–H groups in total. The Morgan fingerprint density at radius 3 is 2.67 bits per heavy atom. The molecular formula is C14H21NO3. The van der Waals surface area contributed by atoms with Crippen molar-refractivity contribution in [1.82, 2.24) is 4.98 Å². The lowest BCUT2D eigenvalue weighted by Crippen LogP contribution is -2.12. The predicted molar refractivity (Wildman–Crippen MR) is 67.9 cm³/mol. The number of oxazole rings is 1. The summed E-state index contributed by atoms with van der Waals surface area (Å²) in [6.45, 7) is 6.12. The van der Waals surface area contributed by atoms with E-state index in [1.165, 1.54) is 12.8 Å². The molecule has 0 unspecified atom stereocenters. The Bertz CT molecular complexity index is 436. The Kier molecular flexibility index (Phi) is 3.73. The molecule has 1 aliphatic rings. The van der Waals surface area contributed by atoms with Crippen LogP contribution in [0.4, 0.5) is 0 Å². The van der Waals surface area contributed by atoms with Crippen molar-refractivity contribution in [3.63, 3.8) is 0 Å². The van der Waals surface area contributed by atoms with E-state index in [1.807, 2.05) is 13.8 Å². The molecule has 0 radical (unpaired) electrons. The number of carboxylic acids is 1. The van der Waals surface area contributed by atoms with Gasteiger partial charge in [0.25, 0.3) is 0 Å². The maximum Gasteiger partial charge on any atom is 0.373 e. The third kappa shape index (κ3) is 2.57. The van der Waals surface area contributed by atoms with Crippen LogP contribution in [0.1, 0.15) is 80.4 Å². The van der Waals surface area contributed by atoms with Crippen LogP contribution in [-0.4, -0.2) is 16.1 Å². The van der Waals surface area contributed by atoms with E-state index in [0.717, 1.165) is 12.8 Å². The summed E-state index contributed by atoms with van der Waals surface area (Å²) in [5.74, 6) is 0.683. The van der Waals surface area contributed by atoms with Crippen LogP contribution < -0.4 is 0 Å². The van der Waals surface area contributed by atoms with Crippen LogP contribution >= 0.6 is 0 Å². The van der Waals surface area contributed by atoms with E-state index in [-0.39, 0.29) is 11.7 Å². The second-order valence-electron chi connectivity index (χ2n) is 5.70. The summed E-state index contributed by atoms with van der Waals surface area (Å²) in [4.78, 5) is 15.6. The van der Waals surface area contributed by atoms with Crippen LogP contribution in [0.25, 0.3) is 0 Å². The minimum absolute atomic E-state index is 0.0261. The molecule has 100 valence electrons. The molecule has 0 bridgehead atoms. The van der Waals surface area contributed by atoms with Crippen LogP contribution in [0, 0.1) is 5.92 Å². The van der Waals surface area contributed by atoms with Crippen molar-refractivity contribution in [3.05, 3.63) is 17.3 Å². The Morgan fingerprint density at radius 1 is 1.44 bits per heavy atom. The molecule has 1 aliphatic carbocycles. The van der Waals surface area contributed by atoms with Gasteiger partial charge < -0.3 is 9.52 Å². The number of carbonyl (C=O) groups is 1. The molecule has 0 aliphatic heterocycles. The van der Waals surface area contributed by atoms with E-state index in [0.29, 0.717) is 23.4 Å². The normalized spacial score (nSPS) is 24.4. The molecule has 1 aromatic heterocycles. The monoisotopic (exact) mass is 251 g/mol. The largest absolute Gasteiger partial charge is 0.475 e. The molecule has 0 amide bonds. The van der Waals surface area contributed by atoms with Crippen LogP contribution in [0.2, 0.25) is 0 Å². The zero-order valence-corrected chi connectivity index (χ0v) is 11.3. The van der Waals surface area contributed by atoms with Crippen molar-refractivity contribution in [2.45, 2.75) is 58.3 Å². The summed E-state index contributed by atoms with van der Waals surface area (Å²) in [5, 5.41) is 9.14. The van der Waals surface area contributed by atoms with E-state index in [4.69, 9.17) is 9.52 Å². The van der Waals surface area contributed by atoms with Crippen molar-refractivity contribution in [3.8, 4) is 0 Å². The van der Waals surface area contributed by atoms with Gasteiger partial charge in [0, 0.05) is 5.92 Å². The lowest BCUT2D eigenvalue weighted by atomic mass is 9.82. The minimum atomic E-state index is -1.01. The molecule has 0 spiro atoms. The van der Waals surface area contributed by atoms with Crippen molar-refractivity contribution < 1.29 is 14.3 Å². The van der Waals surface area contributed by atoms with E-state index in [2.05, 4.69) is 11.9 Å². The van der Waals surface area contributed by atoms with Crippen molar-refractivity contribution in [2.24, 2.45) is 5.92 Å². The molecular weight excluding hydrogens is 230 g/mol. The summed E-state index contributed by atoms with van der Waals surface area (Å²) in [6.07, 6.45) is 4.53. The fraction of sp³-hybridized carbons (Fsp3) is 0.714. The second-order valence-corrected chi connectivity index (χ2v) is 5.70. The Balaban J connectivity index is 2.28. The Hall–Kier alpha value is -1.32. The number of rotatable bonds is 3. The average Bonchev–Trinajstić information content (AvgIpc) is 2.73. The lowest BCUT2D eigenvalue weighted by Gasteiger charge is -2.24. The number of nitrogens with zero attached hydrogens (tertiary/aromatic N) is 1. The molecule has 1 aromatic rings. The number of aromatic carboxylic acids is 1. The zero-order chi connectivity index (χ0) is 13.3. The molecule has 2 atom stereocenters. The highest BCUT2D eigenvalue weighted by Crippen LogP contribution is 2.36. The van der Waals surface area contributed by atoms with Gasteiger partial charge in [-0.25, -0.2) is 9.78 Å². The summed E-state index contributed by atoms with van der Waals surface area (Å²) < 4.78 is 5.51. The number of hydrogen-bond acceptors (Lipinski definition) is 3. The summed E-state index contributed by atoms with van der Waals surface area (Å²) in [5.41, 5.74) is 0.579. The van der Waals surface area contributed by atoms with Crippen molar-refractivity contribution in [2.75, 3.05) is 0 Å². The number of hydrogen-bond donors (Lipinski definition) is 1. The summed E-state index contributed by atoms with van der Waals surface area (Å²) in [7, 11) is 0. The Morgan fingerprint density at radius 2 is 2.17 bits per heavy atom. The lowest BCUT2D eigenvalue weighted by molar-refractivity contribution is 0.0656. The van der Waals surface area contributed by atoms with Crippen LogP contribution in [0.5, 0.6) is 0 Å². The first-order chi connectivity index (χ1) is 8.49. The molecule has 0 saturated heterocycles. The van der Waals surface area contributed by atoms with Gasteiger partial charge in [0.15, 0.2) is 5.89 Å². The molecule has 18 heavy (non-hydrogen) atoms. The molecule has 1 heterocycles. The maximum absolute atomic E-state index is 11.2. The fourth-order valence-corrected chi connectivity index (χ4v) is 2.73. The first-order valence-electron chi connectivity index (χ1n) is 6.73. The average molecular weight is 251 g/mol. The van der Waals surface area contributed by atoms with Gasteiger partial charge in [-0.15, -0.1) is 0 Å². The number of aromatic nitrogens is 1. The smallest absolute Gasteiger partial charge is 0.373 e. The highest BCUT2D eigenvalue weighted by Gasteiger charge is 2.28. The Labute approximate surface area is 107 Å². The molecule has 1 saturated carbocycles. The highest BCUT2D eigenvalue weighted by atomic mass is 16.4. The van der Waals surface area contributed by atoms with Gasteiger partial charge in [-0.2, -0.15) is 0 Å². The minimum Gasteiger partial charge on any atom is -0.475 e. The van der Waals surface area contributed by atoms with Gasteiger partial charge in [-0.1, -0.05) is 33.6 Å². The molecule has 4 nitrogen and oxygen atoms in total. The van der Waals surface area contributed by atoms with E-state index in [1.54, 1.807) is 0 Å². The molecule has 2 rings (SSSR count). The van der Waals surface area contributed by atoms with E-state index < -0.39 is 5.97 Å². The first kappa shape index (κ1) is 13.1. The second kappa shape index (κ2) is 5.12. The van der Waals surface area contributed by atoms with Crippen molar-refractivity contribution in [1.29, 1.82) is 0 Å². The topological polar surface area (TPSA) is 63.3 Å². The van der Waals surface area contributed by atoms with Gasteiger partial charge in [0.2, 0.25) is 5.76 Å². The van der Waals surface area contributed by atoms with Gasteiger partial charge >= 0.3 is 5.97 Å². The third-order valence-corrected chi connectivity index (χ3v) is 3.70. The maximum atomic E-state index is 11.2. The van der Waals surface area contributed by atoms with Crippen LogP contribution in [-0.2, 0) is 0 Å². The standard InChI is InChI=1S/C14H21NO3/c1-8(2)11-12(14(16)17)18-13(15-11)10-6-4-5-9(3)7-10/h8-10H,4-7H2,1-3H3,(H,16,17)/t9-,10-/m1/s1. The first-order valence-corrected chi connectivity index (χ1v) is 6.73. The molecule has 1 fully saturated rings. The zero-order valence-electron chi connectivity index (χ0n) is 11.3. The summed E-state index contributed by atoms with van der Waals surface area (Å²) in [6, 6.07) is 0. The third-order valence-electron chi connectivity index (χ3n) is 3.70. The van der Waals surface area contributed by atoms with Crippen molar-refractivity contribution >= 4 is 5.97 Å². The van der Waals surface area contributed by atoms with Crippen LogP contribution in [0.3, 0.4) is 0 Å². The number of carboxylic acid groups (broad SMARTS) is 1. The quantitative estimate of drug-likeness (QED) is 0.887. The summed E-state index contributed by atoms with van der Waals surface area (Å²) >= 11 is 0. The van der Waals surface area contributed by atoms with E-state index in [9.17, 15) is 4.79 Å².